The lowest BCUT2D eigenvalue weighted by Gasteiger charge is -1.99. The summed E-state index contributed by atoms with van der Waals surface area (Å²) in [5.41, 5.74) is 2.94. The summed E-state index contributed by atoms with van der Waals surface area (Å²) in [7, 11) is 1.89. The van der Waals surface area contributed by atoms with Crippen LogP contribution < -0.4 is 0 Å². The van der Waals surface area contributed by atoms with E-state index in [1.165, 1.54) is 0 Å². The monoisotopic (exact) mass is 279 g/mol. The predicted octanol–water partition coefficient (Wildman–Crippen LogP) is 2.35. The first-order valence-electron chi connectivity index (χ1n) is 6.20. The molecule has 6 heteroatoms. The molecule has 0 aromatic carbocycles. The smallest absolute Gasteiger partial charge is 0.306 e. The van der Waals surface area contributed by atoms with Crippen LogP contribution in [-0.2, 0) is 23.0 Å². The number of hydrogen-bond acceptors (Lipinski definition) is 5. The van der Waals surface area contributed by atoms with Gasteiger partial charge in [0.1, 0.15) is 5.01 Å². The Morgan fingerprint density at radius 2 is 2.32 bits per heavy atom. The first kappa shape index (κ1) is 13.7. The van der Waals surface area contributed by atoms with Gasteiger partial charge < -0.3 is 4.74 Å². The first-order chi connectivity index (χ1) is 9.10. The molecule has 0 aliphatic carbocycles. The van der Waals surface area contributed by atoms with Crippen LogP contribution >= 0.6 is 11.3 Å². The van der Waals surface area contributed by atoms with Gasteiger partial charge >= 0.3 is 5.97 Å². The number of esters is 1. The molecule has 0 N–H and O–H groups in total. The predicted molar refractivity (Wildman–Crippen MR) is 74.0 cm³/mol. The molecule has 2 heterocycles. The topological polar surface area (TPSA) is 57.0 Å². The highest BCUT2D eigenvalue weighted by Gasteiger charge is 2.11. The van der Waals surface area contributed by atoms with Crippen LogP contribution in [0.4, 0.5) is 0 Å². The zero-order valence-electron chi connectivity index (χ0n) is 11.3. The number of nitrogens with zero attached hydrogens (tertiary/aromatic N) is 3. The fraction of sp³-hybridized carbons (Fsp3) is 0.462. The molecule has 0 unspecified atom stereocenters. The fourth-order valence-corrected chi connectivity index (χ4v) is 2.73. The lowest BCUT2D eigenvalue weighted by molar-refractivity contribution is -0.143. The van der Waals surface area contributed by atoms with Crippen molar-refractivity contribution in [2.75, 3.05) is 6.61 Å². The van der Waals surface area contributed by atoms with Gasteiger partial charge in [-0.15, -0.1) is 11.3 Å². The van der Waals surface area contributed by atoms with E-state index in [1.807, 2.05) is 32.5 Å². The van der Waals surface area contributed by atoms with Gasteiger partial charge in [0.05, 0.1) is 30.0 Å². The van der Waals surface area contributed by atoms with Gasteiger partial charge in [0.2, 0.25) is 0 Å². The summed E-state index contributed by atoms with van der Waals surface area (Å²) in [6, 6.07) is 0. The second-order valence-corrected chi connectivity index (χ2v) is 5.11. The molecule has 2 rings (SSSR count). The Balaban J connectivity index is 2.03. The van der Waals surface area contributed by atoms with Crippen LogP contribution in [0.3, 0.4) is 0 Å². The minimum atomic E-state index is -0.172. The first-order valence-corrected chi connectivity index (χ1v) is 7.08. The van der Waals surface area contributed by atoms with Crippen molar-refractivity contribution in [2.45, 2.75) is 26.7 Å². The Bertz CT molecular complexity index is 574. The molecular weight excluding hydrogens is 262 g/mol. The molecule has 0 fully saturated rings. The van der Waals surface area contributed by atoms with Crippen LogP contribution in [0.15, 0.2) is 11.6 Å². The van der Waals surface area contributed by atoms with Crippen molar-refractivity contribution in [3.8, 4) is 10.6 Å². The summed E-state index contributed by atoms with van der Waals surface area (Å²) in [6.07, 6.45) is 2.96. The number of thiazole rings is 1. The molecule has 0 saturated heterocycles. The quantitative estimate of drug-likeness (QED) is 0.788. The highest BCUT2D eigenvalue weighted by Crippen LogP contribution is 2.26. The average Bonchev–Trinajstić information content (AvgIpc) is 2.93. The largest absolute Gasteiger partial charge is 0.466 e. The number of carbonyl (C=O) groups excluding carboxylic acids is 1. The molecule has 0 aliphatic rings. The Morgan fingerprint density at radius 1 is 1.53 bits per heavy atom. The van der Waals surface area contributed by atoms with E-state index in [2.05, 4.69) is 10.1 Å². The molecular formula is C13H17N3O2S. The summed E-state index contributed by atoms with van der Waals surface area (Å²) in [6.45, 7) is 4.20. The van der Waals surface area contributed by atoms with Gasteiger partial charge in [-0.2, -0.15) is 5.10 Å². The SMILES string of the molecule is CCOC(=O)CCc1csc(-c2cn(C)nc2C)n1. The van der Waals surface area contributed by atoms with Crippen LogP contribution in [0.25, 0.3) is 10.6 Å². The molecule has 0 saturated carbocycles. The molecule has 0 amide bonds. The lowest BCUT2D eigenvalue weighted by Crippen LogP contribution is -2.05. The van der Waals surface area contributed by atoms with Crippen LogP contribution in [0, 0.1) is 6.92 Å². The van der Waals surface area contributed by atoms with E-state index in [9.17, 15) is 4.79 Å². The van der Waals surface area contributed by atoms with Crippen molar-refractivity contribution in [1.29, 1.82) is 0 Å². The van der Waals surface area contributed by atoms with Crippen molar-refractivity contribution in [3.63, 3.8) is 0 Å². The molecule has 0 spiro atoms. The van der Waals surface area contributed by atoms with Crippen LogP contribution in [0.5, 0.6) is 0 Å². The number of carbonyl (C=O) groups is 1. The molecule has 2 aromatic rings. The molecule has 0 bridgehead atoms. The van der Waals surface area contributed by atoms with Crippen LogP contribution in [0.2, 0.25) is 0 Å². The van der Waals surface area contributed by atoms with Crippen molar-refractivity contribution >= 4 is 17.3 Å². The maximum absolute atomic E-state index is 11.3. The molecule has 0 aliphatic heterocycles. The van der Waals surface area contributed by atoms with E-state index in [0.29, 0.717) is 19.4 Å². The van der Waals surface area contributed by atoms with E-state index in [4.69, 9.17) is 4.74 Å². The number of ether oxygens (including phenoxy) is 1. The van der Waals surface area contributed by atoms with Crippen molar-refractivity contribution in [1.82, 2.24) is 14.8 Å². The van der Waals surface area contributed by atoms with E-state index in [0.717, 1.165) is 22.0 Å². The maximum Gasteiger partial charge on any atom is 0.306 e. The van der Waals surface area contributed by atoms with Crippen molar-refractivity contribution < 1.29 is 9.53 Å². The second-order valence-electron chi connectivity index (χ2n) is 4.25. The summed E-state index contributed by atoms with van der Waals surface area (Å²) < 4.78 is 6.68. The second kappa shape index (κ2) is 5.97. The van der Waals surface area contributed by atoms with Gasteiger partial charge in [0.25, 0.3) is 0 Å². The van der Waals surface area contributed by atoms with Gasteiger partial charge in [0.15, 0.2) is 0 Å². The van der Waals surface area contributed by atoms with Crippen molar-refractivity contribution in [3.05, 3.63) is 23.0 Å². The number of aromatic nitrogens is 3. The van der Waals surface area contributed by atoms with Gasteiger partial charge in [-0.05, 0) is 13.8 Å². The highest BCUT2D eigenvalue weighted by molar-refractivity contribution is 7.13. The number of hydrogen-bond donors (Lipinski definition) is 0. The zero-order chi connectivity index (χ0) is 13.8. The summed E-state index contributed by atoms with van der Waals surface area (Å²) >= 11 is 1.58. The third-order valence-electron chi connectivity index (χ3n) is 2.69. The summed E-state index contributed by atoms with van der Waals surface area (Å²) in [5, 5.41) is 7.24. The van der Waals surface area contributed by atoms with Crippen LogP contribution in [-0.4, -0.2) is 27.3 Å². The fourth-order valence-electron chi connectivity index (χ4n) is 1.82. The Morgan fingerprint density at radius 3 is 2.95 bits per heavy atom. The molecule has 0 atom stereocenters. The lowest BCUT2D eigenvalue weighted by atomic mass is 10.2. The summed E-state index contributed by atoms with van der Waals surface area (Å²) in [4.78, 5) is 15.8. The van der Waals surface area contributed by atoms with E-state index in [-0.39, 0.29) is 5.97 Å². The zero-order valence-corrected chi connectivity index (χ0v) is 12.2. The van der Waals surface area contributed by atoms with E-state index >= 15 is 0 Å². The Kier molecular flexibility index (Phi) is 4.31. The average molecular weight is 279 g/mol. The van der Waals surface area contributed by atoms with E-state index < -0.39 is 0 Å². The summed E-state index contributed by atoms with van der Waals surface area (Å²) in [5.74, 6) is -0.172. The van der Waals surface area contributed by atoms with Gasteiger partial charge in [-0.25, -0.2) is 4.98 Å². The van der Waals surface area contributed by atoms with Gasteiger partial charge in [-0.3, -0.25) is 9.48 Å². The number of rotatable bonds is 5. The Hall–Kier alpha value is -1.69. The maximum atomic E-state index is 11.3. The van der Waals surface area contributed by atoms with Gasteiger partial charge in [-0.1, -0.05) is 0 Å². The van der Waals surface area contributed by atoms with Crippen molar-refractivity contribution in [2.24, 2.45) is 7.05 Å². The molecule has 2 aromatic heterocycles. The minimum absolute atomic E-state index is 0.172. The Labute approximate surface area is 116 Å². The normalized spacial score (nSPS) is 10.7. The standard InChI is InChI=1S/C13H17N3O2S/c1-4-18-12(17)6-5-10-8-19-13(14-10)11-7-16(3)15-9(11)2/h7-8H,4-6H2,1-3H3. The minimum Gasteiger partial charge on any atom is -0.466 e. The van der Waals surface area contributed by atoms with Crippen LogP contribution in [0.1, 0.15) is 24.7 Å². The molecule has 5 nitrogen and oxygen atoms in total. The van der Waals surface area contributed by atoms with E-state index in [1.54, 1.807) is 16.0 Å². The highest BCUT2D eigenvalue weighted by atomic mass is 32.1. The number of aryl methyl sites for hydroxylation is 3. The third-order valence-corrected chi connectivity index (χ3v) is 3.61. The molecule has 19 heavy (non-hydrogen) atoms. The third kappa shape index (κ3) is 3.41. The molecule has 102 valence electrons. The molecule has 0 radical (unpaired) electrons. The van der Waals surface area contributed by atoms with Gasteiger partial charge in [0, 0.05) is 25.0 Å².